The fraction of sp³-hybridized carbons (Fsp3) is 0.538. The standard InChI is InChI=1S/C13H20N2O3/c1-3-8-18-11(2)9-14-12(16)10-15-7-5-4-6-13(15)17/h4-7,11H,3,8-10H2,1-2H3,(H,14,16)/t11-/m1/s1. The SMILES string of the molecule is CCCO[C@H](C)CNC(=O)Cn1ccccc1=O. The fourth-order valence-electron chi connectivity index (χ4n) is 1.44. The van der Waals surface area contributed by atoms with E-state index < -0.39 is 0 Å². The summed E-state index contributed by atoms with van der Waals surface area (Å²) in [5.41, 5.74) is -0.178. The number of ether oxygens (including phenoxy) is 1. The molecule has 100 valence electrons. The van der Waals surface area contributed by atoms with Crippen LogP contribution in [0.3, 0.4) is 0 Å². The maximum absolute atomic E-state index is 11.6. The Labute approximate surface area is 107 Å². The molecule has 1 heterocycles. The summed E-state index contributed by atoms with van der Waals surface area (Å²) in [5, 5.41) is 2.74. The molecule has 1 N–H and O–H groups in total. The smallest absolute Gasteiger partial charge is 0.250 e. The second-order valence-corrected chi connectivity index (χ2v) is 4.15. The summed E-state index contributed by atoms with van der Waals surface area (Å²) >= 11 is 0. The van der Waals surface area contributed by atoms with Gasteiger partial charge >= 0.3 is 0 Å². The number of nitrogens with one attached hydrogen (secondary N) is 1. The van der Waals surface area contributed by atoms with Crippen molar-refractivity contribution in [3.8, 4) is 0 Å². The average Bonchev–Trinajstić information content (AvgIpc) is 2.36. The predicted octanol–water partition coefficient (Wildman–Crippen LogP) is 0.780. The molecule has 0 radical (unpaired) electrons. The Kier molecular flexibility index (Phi) is 6.14. The maximum Gasteiger partial charge on any atom is 0.250 e. The lowest BCUT2D eigenvalue weighted by atomic mass is 10.4. The van der Waals surface area contributed by atoms with E-state index >= 15 is 0 Å². The highest BCUT2D eigenvalue weighted by Crippen LogP contribution is 1.91. The van der Waals surface area contributed by atoms with Crippen molar-refractivity contribution in [1.29, 1.82) is 0 Å². The van der Waals surface area contributed by atoms with Crippen molar-refractivity contribution in [2.75, 3.05) is 13.2 Å². The van der Waals surface area contributed by atoms with Crippen LogP contribution in [0.25, 0.3) is 0 Å². The summed E-state index contributed by atoms with van der Waals surface area (Å²) in [6.07, 6.45) is 2.54. The summed E-state index contributed by atoms with van der Waals surface area (Å²) in [4.78, 5) is 23.0. The van der Waals surface area contributed by atoms with Gasteiger partial charge in [0.1, 0.15) is 6.54 Å². The molecule has 0 aliphatic rings. The van der Waals surface area contributed by atoms with E-state index in [1.807, 2.05) is 13.8 Å². The summed E-state index contributed by atoms with van der Waals surface area (Å²) in [6.45, 7) is 5.13. The van der Waals surface area contributed by atoms with Gasteiger partial charge in [0.05, 0.1) is 6.10 Å². The lowest BCUT2D eigenvalue weighted by Gasteiger charge is -2.13. The van der Waals surface area contributed by atoms with Gasteiger partial charge in [-0.05, 0) is 19.4 Å². The van der Waals surface area contributed by atoms with E-state index in [4.69, 9.17) is 4.74 Å². The molecule has 0 saturated carbocycles. The van der Waals surface area contributed by atoms with Crippen LogP contribution in [0, 0.1) is 0 Å². The van der Waals surface area contributed by atoms with E-state index in [0.29, 0.717) is 13.2 Å². The molecule has 0 spiro atoms. The molecule has 1 rings (SSSR count). The normalized spacial score (nSPS) is 12.1. The highest BCUT2D eigenvalue weighted by atomic mass is 16.5. The highest BCUT2D eigenvalue weighted by molar-refractivity contribution is 5.75. The molecule has 18 heavy (non-hydrogen) atoms. The van der Waals surface area contributed by atoms with Crippen molar-refractivity contribution in [2.24, 2.45) is 0 Å². The van der Waals surface area contributed by atoms with Gasteiger partial charge in [-0.15, -0.1) is 0 Å². The molecule has 0 bridgehead atoms. The number of nitrogens with zero attached hydrogens (tertiary/aromatic N) is 1. The highest BCUT2D eigenvalue weighted by Gasteiger charge is 2.06. The molecule has 1 amide bonds. The zero-order valence-corrected chi connectivity index (χ0v) is 10.9. The topological polar surface area (TPSA) is 60.3 Å². The van der Waals surface area contributed by atoms with Crippen LogP contribution in [-0.2, 0) is 16.1 Å². The number of amides is 1. The minimum Gasteiger partial charge on any atom is -0.377 e. The number of carbonyl (C=O) groups is 1. The van der Waals surface area contributed by atoms with E-state index in [0.717, 1.165) is 6.42 Å². The first kappa shape index (κ1) is 14.4. The number of pyridine rings is 1. The van der Waals surface area contributed by atoms with E-state index in [1.54, 1.807) is 18.3 Å². The zero-order valence-electron chi connectivity index (χ0n) is 10.9. The lowest BCUT2D eigenvalue weighted by Crippen LogP contribution is -2.36. The first-order valence-corrected chi connectivity index (χ1v) is 6.17. The Balaban J connectivity index is 2.34. The van der Waals surface area contributed by atoms with Gasteiger partial charge in [0, 0.05) is 25.4 Å². The van der Waals surface area contributed by atoms with Crippen LogP contribution in [0.15, 0.2) is 29.2 Å². The van der Waals surface area contributed by atoms with E-state index in [1.165, 1.54) is 10.6 Å². The van der Waals surface area contributed by atoms with Gasteiger partial charge in [0.25, 0.3) is 5.56 Å². The molecule has 0 saturated heterocycles. The molecule has 1 aromatic heterocycles. The summed E-state index contributed by atoms with van der Waals surface area (Å²) in [6, 6.07) is 4.80. The zero-order chi connectivity index (χ0) is 13.4. The van der Waals surface area contributed by atoms with Gasteiger partial charge in [0.2, 0.25) is 5.91 Å². The fourth-order valence-corrected chi connectivity index (χ4v) is 1.44. The lowest BCUT2D eigenvalue weighted by molar-refractivity contribution is -0.122. The predicted molar refractivity (Wildman–Crippen MR) is 69.4 cm³/mol. The molecule has 1 aromatic rings. The molecule has 0 aliphatic carbocycles. The minimum atomic E-state index is -0.185. The van der Waals surface area contributed by atoms with Crippen LogP contribution >= 0.6 is 0 Å². The summed E-state index contributed by atoms with van der Waals surface area (Å²) in [7, 11) is 0. The Bertz CT molecular complexity index is 428. The molecular formula is C13H20N2O3. The number of rotatable bonds is 7. The van der Waals surface area contributed by atoms with Crippen LogP contribution < -0.4 is 10.9 Å². The van der Waals surface area contributed by atoms with Crippen LogP contribution in [0.4, 0.5) is 0 Å². The molecule has 0 aromatic carbocycles. The molecule has 0 fully saturated rings. The van der Waals surface area contributed by atoms with Crippen LogP contribution in [0.1, 0.15) is 20.3 Å². The van der Waals surface area contributed by atoms with Crippen molar-refractivity contribution in [2.45, 2.75) is 32.9 Å². The summed E-state index contributed by atoms with van der Waals surface area (Å²) in [5.74, 6) is -0.185. The van der Waals surface area contributed by atoms with Crippen molar-refractivity contribution >= 4 is 5.91 Å². The van der Waals surface area contributed by atoms with Crippen molar-refractivity contribution < 1.29 is 9.53 Å². The third-order valence-corrected chi connectivity index (χ3v) is 2.41. The van der Waals surface area contributed by atoms with Gasteiger partial charge < -0.3 is 14.6 Å². The number of hydrogen-bond acceptors (Lipinski definition) is 3. The first-order chi connectivity index (χ1) is 8.63. The van der Waals surface area contributed by atoms with Crippen molar-refractivity contribution in [3.05, 3.63) is 34.7 Å². The van der Waals surface area contributed by atoms with Crippen molar-refractivity contribution in [3.63, 3.8) is 0 Å². The second kappa shape index (κ2) is 7.66. The number of carbonyl (C=O) groups excluding carboxylic acids is 1. The van der Waals surface area contributed by atoms with Crippen molar-refractivity contribution in [1.82, 2.24) is 9.88 Å². The summed E-state index contributed by atoms with van der Waals surface area (Å²) < 4.78 is 6.80. The first-order valence-electron chi connectivity index (χ1n) is 6.17. The van der Waals surface area contributed by atoms with Crippen LogP contribution in [0.5, 0.6) is 0 Å². The molecule has 0 aliphatic heterocycles. The van der Waals surface area contributed by atoms with E-state index in [9.17, 15) is 9.59 Å². The monoisotopic (exact) mass is 252 g/mol. The van der Waals surface area contributed by atoms with Gasteiger partial charge in [-0.25, -0.2) is 0 Å². The van der Waals surface area contributed by atoms with Gasteiger partial charge in [-0.3, -0.25) is 9.59 Å². The maximum atomic E-state index is 11.6. The van der Waals surface area contributed by atoms with Crippen LogP contribution in [-0.4, -0.2) is 29.7 Å². The molecule has 5 heteroatoms. The Morgan fingerprint density at radius 2 is 2.28 bits per heavy atom. The molecule has 5 nitrogen and oxygen atoms in total. The average molecular weight is 252 g/mol. The minimum absolute atomic E-state index is 0.0126. The molecule has 0 unspecified atom stereocenters. The van der Waals surface area contributed by atoms with E-state index in [-0.39, 0.29) is 24.1 Å². The molecule has 1 atom stereocenters. The van der Waals surface area contributed by atoms with Gasteiger partial charge in [-0.2, -0.15) is 0 Å². The third-order valence-electron chi connectivity index (χ3n) is 2.41. The van der Waals surface area contributed by atoms with Crippen LogP contribution in [0.2, 0.25) is 0 Å². The number of aromatic nitrogens is 1. The third kappa shape index (κ3) is 5.14. The van der Waals surface area contributed by atoms with Gasteiger partial charge in [0.15, 0.2) is 0 Å². The Morgan fingerprint density at radius 1 is 1.50 bits per heavy atom. The Morgan fingerprint density at radius 3 is 2.94 bits per heavy atom. The van der Waals surface area contributed by atoms with Gasteiger partial charge in [-0.1, -0.05) is 13.0 Å². The number of hydrogen-bond donors (Lipinski definition) is 1. The molecular weight excluding hydrogens is 232 g/mol. The van der Waals surface area contributed by atoms with E-state index in [2.05, 4.69) is 5.32 Å². The second-order valence-electron chi connectivity index (χ2n) is 4.15. The quantitative estimate of drug-likeness (QED) is 0.780. The Hall–Kier alpha value is -1.62. The largest absolute Gasteiger partial charge is 0.377 e.